The first kappa shape index (κ1) is 15.5. The fourth-order valence-corrected chi connectivity index (χ4v) is 1.50. The van der Waals surface area contributed by atoms with Crippen molar-refractivity contribution in [2.24, 2.45) is 5.73 Å². The minimum Gasteiger partial charge on any atom is -0.492 e. The lowest BCUT2D eigenvalue weighted by molar-refractivity contribution is -0.155. The van der Waals surface area contributed by atoms with Gasteiger partial charge in [0.15, 0.2) is 0 Å². The highest BCUT2D eigenvalue weighted by atomic mass is 16.6. The van der Waals surface area contributed by atoms with E-state index < -0.39 is 5.60 Å². The Morgan fingerprint density at radius 2 is 1.89 bits per heavy atom. The lowest BCUT2D eigenvalue weighted by Gasteiger charge is -2.20. The monoisotopic (exact) mass is 265 g/mol. The Balaban J connectivity index is 2.21. The molecule has 1 unspecified atom stereocenters. The summed E-state index contributed by atoms with van der Waals surface area (Å²) in [4.78, 5) is 11.5. The quantitative estimate of drug-likeness (QED) is 0.803. The fraction of sp³-hybridized carbons (Fsp3) is 0.533. The molecule has 0 aliphatic carbocycles. The van der Waals surface area contributed by atoms with Crippen LogP contribution in [0.3, 0.4) is 0 Å². The molecular formula is C15H23NO3. The average Bonchev–Trinajstić information content (AvgIpc) is 2.33. The van der Waals surface area contributed by atoms with Gasteiger partial charge in [0.05, 0.1) is 0 Å². The minimum absolute atomic E-state index is 0.173. The molecule has 0 radical (unpaired) electrons. The summed E-state index contributed by atoms with van der Waals surface area (Å²) in [7, 11) is 0. The topological polar surface area (TPSA) is 61.5 Å². The number of ether oxygens (including phenoxy) is 2. The smallest absolute Gasteiger partial charge is 0.306 e. The molecule has 2 N–H and O–H groups in total. The van der Waals surface area contributed by atoms with Crippen molar-refractivity contribution >= 4 is 5.97 Å². The third-order valence-corrected chi connectivity index (χ3v) is 2.35. The van der Waals surface area contributed by atoms with Gasteiger partial charge in [-0.1, -0.05) is 18.2 Å². The molecule has 0 aromatic heterocycles. The zero-order valence-electron chi connectivity index (χ0n) is 11.9. The standard InChI is InChI=1S/C15H23NO3/c1-15(2,3)19-14(17)10-9-12(16)11-18-13-7-5-4-6-8-13/h4-8,12H,9-11,16H2,1-3H3. The van der Waals surface area contributed by atoms with Crippen molar-refractivity contribution in [3.63, 3.8) is 0 Å². The highest BCUT2D eigenvalue weighted by Crippen LogP contribution is 2.11. The molecule has 1 rings (SSSR count). The van der Waals surface area contributed by atoms with Crippen molar-refractivity contribution < 1.29 is 14.3 Å². The maximum absolute atomic E-state index is 11.5. The lowest BCUT2D eigenvalue weighted by atomic mass is 10.1. The highest BCUT2D eigenvalue weighted by Gasteiger charge is 2.17. The van der Waals surface area contributed by atoms with Gasteiger partial charge in [-0.3, -0.25) is 4.79 Å². The molecule has 0 spiro atoms. The van der Waals surface area contributed by atoms with E-state index in [9.17, 15) is 4.79 Å². The summed E-state index contributed by atoms with van der Waals surface area (Å²) in [6, 6.07) is 9.31. The van der Waals surface area contributed by atoms with Crippen LogP contribution in [0.15, 0.2) is 30.3 Å². The van der Waals surface area contributed by atoms with Crippen molar-refractivity contribution in [3.8, 4) is 5.75 Å². The van der Waals surface area contributed by atoms with E-state index >= 15 is 0 Å². The summed E-state index contributed by atoms with van der Waals surface area (Å²) in [5, 5.41) is 0. The van der Waals surface area contributed by atoms with Gasteiger partial charge in [-0.05, 0) is 39.3 Å². The number of rotatable bonds is 6. The lowest BCUT2D eigenvalue weighted by Crippen LogP contribution is -2.30. The second-order valence-electron chi connectivity index (χ2n) is 5.51. The van der Waals surface area contributed by atoms with Crippen LogP contribution in [0, 0.1) is 0 Å². The van der Waals surface area contributed by atoms with Gasteiger partial charge in [-0.15, -0.1) is 0 Å². The van der Waals surface area contributed by atoms with Crippen molar-refractivity contribution in [2.45, 2.75) is 45.3 Å². The summed E-state index contributed by atoms with van der Waals surface area (Å²) >= 11 is 0. The molecule has 106 valence electrons. The molecular weight excluding hydrogens is 242 g/mol. The Hall–Kier alpha value is -1.55. The highest BCUT2D eigenvalue weighted by molar-refractivity contribution is 5.69. The third kappa shape index (κ3) is 7.47. The Morgan fingerprint density at radius 3 is 2.47 bits per heavy atom. The molecule has 0 saturated heterocycles. The zero-order valence-corrected chi connectivity index (χ0v) is 11.9. The number of nitrogens with two attached hydrogens (primary N) is 1. The summed E-state index contributed by atoms with van der Waals surface area (Å²) in [6.07, 6.45) is 0.873. The van der Waals surface area contributed by atoms with Gasteiger partial charge in [-0.2, -0.15) is 0 Å². The number of esters is 1. The summed E-state index contributed by atoms with van der Waals surface area (Å²) in [5.74, 6) is 0.567. The van der Waals surface area contributed by atoms with Gasteiger partial charge in [0.25, 0.3) is 0 Å². The molecule has 4 nitrogen and oxygen atoms in total. The van der Waals surface area contributed by atoms with Crippen LogP contribution in [0.2, 0.25) is 0 Å². The summed E-state index contributed by atoms with van der Waals surface area (Å²) < 4.78 is 10.7. The van der Waals surface area contributed by atoms with Gasteiger partial charge in [0, 0.05) is 12.5 Å². The molecule has 1 atom stereocenters. The van der Waals surface area contributed by atoms with Crippen molar-refractivity contribution in [1.29, 1.82) is 0 Å². The molecule has 1 aromatic rings. The van der Waals surface area contributed by atoms with E-state index in [1.807, 2.05) is 51.1 Å². The van der Waals surface area contributed by atoms with Crippen LogP contribution in [0.4, 0.5) is 0 Å². The predicted molar refractivity (Wildman–Crippen MR) is 75.0 cm³/mol. The molecule has 0 fully saturated rings. The van der Waals surface area contributed by atoms with Crippen LogP contribution in [0.1, 0.15) is 33.6 Å². The normalized spacial score (nSPS) is 12.8. The van der Waals surface area contributed by atoms with E-state index in [-0.39, 0.29) is 12.0 Å². The molecule has 19 heavy (non-hydrogen) atoms. The number of hydrogen-bond donors (Lipinski definition) is 1. The first-order chi connectivity index (χ1) is 8.87. The first-order valence-electron chi connectivity index (χ1n) is 6.52. The van der Waals surface area contributed by atoms with Crippen LogP contribution in [0.25, 0.3) is 0 Å². The Morgan fingerprint density at radius 1 is 1.26 bits per heavy atom. The van der Waals surface area contributed by atoms with Gasteiger partial charge in [-0.25, -0.2) is 0 Å². The number of carbonyl (C=O) groups excluding carboxylic acids is 1. The van der Waals surface area contributed by atoms with Crippen molar-refractivity contribution in [3.05, 3.63) is 30.3 Å². The van der Waals surface area contributed by atoms with Crippen LogP contribution >= 0.6 is 0 Å². The van der Waals surface area contributed by atoms with Crippen LogP contribution in [-0.4, -0.2) is 24.2 Å². The second kappa shape index (κ2) is 7.14. The van der Waals surface area contributed by atoms with E-state index in [0.29, 0.717) is 19.4 Å². The van der Waals surface area contributed by atoms with E-state index in [1.165, 1.54) is 0 Å². The molecule has 0 saturated carbocycles. The molecule has 0 aliphatic heterocycles. The van der Waals surface area contributed by atoms with Crippen molar-refractivity contribution in [1.82, 2.24) is 0 Å². The fourth-order valence-electron chi connectivity index (χ4n) is 1.50. The van der Waals surface area contributed by atoms with Gasteiger partial charge in [0.2, 0.25) is 0 Å². The number of hydrogen-bond acceptors (Lipinski definition) is 4. The molecule has 1 aromatic carbocycles. The second-order valence-corrected chi connectivity index (χ2v) is 5.51. The third-order valence-electron chi connectivity index (χ3n) is 2.35. The molecule has 0 bridgehead atoms. The van der Waals surface area contributed by atoms with Crippen molar-refractivity contribution in [2.75, 3.05) is 6.61 Å². The summed E-state index contributed by atoms with van der Waals surface area (Å²) in [6.45, 7) is 5.95. The zero-order chi connectivity index (χ0) is 14.3. The number of para-hydroxylation sites is 1. The van der Waals surface area contributed by atoms with E-state index in [0.717, 1.165) is 5.75 Å². The van der Waals surface area contributed by atoms with Crippen LogP contribution < -0.4 is 10.5 Å². The van der Waals surface area contributed by atoms with E-state index in [2.05, 4.69) is 0 Å². The predicted octanol–water partition coefficient (Wildman–Crippen LogP) is 2.51. The Kier molecular flexibility index (Phi) is 5.83. The largest absolute Gasteiger partial charge is 0.492 e. The maximum atomic E-state index is 11.5. The Labute approximate surface area is 114 Å². The molecule has 0 heterocycles. The first-order valence-corrected chi connectivity index (χ1v) is 6.52. The van der Waals surface area contributed by atoms with Gasteiger partial charge < -0.3 is 15.2 Å². The SMILES string of the molecule is CC(C)(C)OC(=O)CCC(N)COc1ccccc1. The van der Waals surface area contributed by atoms with E-state index in [4.69, 9.17) is 15.2 Å². The van der Waals surface area contributed by atoms with E-state index in [1.54, 1.807) is 0 Å². The molecule has 0 amide bonds. The van der Waals surface area contributed by atoms with Crippen LogP contribution in [0.5, 0.6) is 5.75 Å². The van der Waals surface area contributed by atoms with Gasteiger partial charge in [0.1, 0.15) is 18.0 Å². The minimum atomic E-state index is -0.443. The maximum Gasteiger partial charge on any atom is 0.306 e. The molecule has 4 heteroatoms. The molecule has 0 aliphatic rings. The Bertz CT molecular complexity index is 384. The number of carbonyl (C=O) groups is 1. The average molecular weight is 265 g/mol. The number of benzene rings is 1. The summed E-state index contributed by atoms with van der Waals surface area (Å²) in [5.41, 5.74) is 5.46. The van der Waals surface area contributed by atoms with Gasteiger partial charge >= 0.3 is 5.97 Å². The van der Waals surface area contributed by atoms with Crippen LogP contribution in [-0.2, 0) is 9.53 Å².